The largest absolute Gasteiger partial charge is 0.314 e. The van der Waals surface area contributed by atoms with Crippen LogP contribution in [0.5, 0.6) is 0 Å². The lowest BCUT2D eigenvalue weighted by Crippen LogP contribution is -2.46. The third-order valence-electron chi connectivity index (χ3n) is 4.20. The molecule has 0 aliphatic carbocycles. The minimum absolute atomic E-state index is 0.366. The molecule has 0 bridgehead atoms. The van der Waals surface area contributed by atoms with Gasteiger partial charge in [-0.1, -0.05) is 32.4 Å². The number of hydrogen-bond acceptors (Lipinski definition) is 3. The highest BCUT2D eigenvalue weighted by atomic mass is 15.2. The number of nitrogens with one attached hydrogen (secondary N) is 1. The SMILES string of the molecule is CC(C)(C)C1=CCN(CCN2CCNCC2)CC1. The van der Waals surface area contributed by atoms with Crippen molar-refractivity contribution in [1.29, 1.82) is 0 Å². The predicted octanol–water partition coefficient (Wildman–Crippen LogP) is 1.57. The van der Waals surface area contributed by atoms with E-state index in [1.807, 2.05) is 0 Å². The van der Waals surface area contributed by atoms with E-state index in [0.29, 0.717) is 5.41 Å². The Labute approximate surface area is 112 Å². The zero-order chi connectivity index (χ0) is 13.0. The predicted molar refractivity (Wildman–Crippen MR) is 77.9 cm³/mol. The molecule has 0 amide bonds. The molecule has 0 radical (unpaired) electrons. The minimum atomic E-state index is 0.366. The summed E-state index contributed by atoms with van der Waals surface area (Å²) in [6.45, 7) is 16.6. The van der Waals surface area contributed by atoms with Crippen LogP contribution in [0.2, 0.25) is 0 Å². The normalized spacial score (nSPS) is 24.1. The van der Waals surface area contributed by atoms with Crippen LogP contribution in [0.1, 0.15) is 27.2 Å². The lowest BCUT2D eigenvalue weighted by molar-refractivity contribution is 0.191. The lowest BCUT2D eigenvalue weighted by atomic mass is 9.83. The van der Waals surface area contributed by atoms with Gasteiger partial charge in [-0.15, -0.1) is 0 Å². The van der Waals surface area contributed by atoms with Crippen molar-refractivity contribution in [2.75, 3.05) is 52.4 Å². The first-order chi connectivity index (χ1) is 8.55. The molecule has 1 saturated heterocycles. The average Bonchev–Trinajstić information content (AvgIpc) is 2.37. The molecule has 18 heavy (non-hydrogen) atoms. The Morgan fingerprint density at radius 2 is 1.72 bits per heavy atom. The van der Waals surface area contributed by atoms with E-state index >= 15 is 0 Å². The van der Waals surface area contributed by atoms with Crippen LogP contribution >= 0.6 is 0 Å². The molecule has 0 aromatic rings. The second kappa shape index (κ2) is 6.18. The summed E-state index contributed by atoms with van der Waals surface area (Å²) in [6, 6.07) is 0. The molecule has 3 heteroatoms. The van der Waals surface area contributed by atoms with Crippen LogP contribution in [-0.2, 0) is 0 Å². The molecule has 0 aromatic carbocycles. The Balaban J connectivity index is 1.71. The maximum atomic E-state index is 3.41. The van der Waals surface area contributed by atoms with Gasteiger partial charge in [-0.2, -0.15) is 0 Å². The van der Waals surface area contributed by atoms with E-state index in [-0.39, 0.29) is 0 Å². The summed E-state index contributed by atoms with van der Waals surface area (Å²) in [6.07, 6.45) is 3.71. The molecule has 0 unspecified atom stereocenters. The van der Waals surface area contributed by atoms with E-state index in [0.717, 1.165) is 19.6 Å². The highest BCUT2D eigenvalue weighted by Crippen LogP contribution is 2.29. The second-order valence-electron chi connectivity index (χ2n) is 6.62. The van der Waals surface area contributed by atoms with Crippen LogP contribution in [0.3, 0.4) is 0 Å². The monoisotopic (exact) mass is 251 g/mol. The fourth-order valence-electron chi connectivity index (χ4n) is 2.81. The minimum Gasteiger partial charge on any atom is -0.314 e. The van der Waals surface area contributed by atoms with Crippen molar-refractivity contribution in [3.05, 3.63) is 11.6 Å². The van der Waals surface area contributed by atoms with Gasteiger partial charge >= 0.3 is 0 Å². The summed E-state index contributed by atoms with van der Waals surface area (Å²) in [5.74, 6) is 0. The van der Waals surface area contributed by atoms with Gasteiger partial charge < -0.3 is 5.32 Å². The van der Waals surface area contributed by atoms with Gasteiger partial charge in [0.1, 0.15) is 0 Å². The van der Waals surface area contributed by atoms with Crippen LogP contribution in [0.15, 0.2) is 11.6 Å². The zero-order valence-corrected chi connectivity index (χ0v) is 12.3. The van der Waals surface area contributed by atoms with Gasteiger partial charge in [0.25, 0.3) is 0 Å². The highest BCUT2D eigenvalue weighted by molar-refractivity contribution is 5.14. The lowest BCUT2D eigenvalue weighted by Gasteiger charge is -2.34. The molecule has 2 heterocycles. The van der Waals surface area contributed by atoms with Crippen LogP contribution < -0.4 is 5.32 Å². The summed E-state index contributed by atoms with van der Waals surface area (Å²) < 4.78 is 0. The van der Waals surface area contributed by atoms with Gasteiger partial charge in [0.15, 0.2) is 0 Å². The number of nitrogens with zero attached hydrogens (tertiary/aromatic N) is 2. The molecule has 2 aliphatic rings. The van der Waals surface area contributed by atoms with Crippen molar-refractivity contribution < 1.29 is 0 Å². The molecule has 2 aliphatic heterocycles. The third kappa shape index (κ3) is 4.08. The maximum Gasteiger partial charge on any atom is 0.0166 e. The third-order valence-corrected chi connectivity index (χ3v) is 4.20. The van der Waals surface area contributed by atoms with E-state index in [4.69, 9.17) is 0 Å². The zero-order valence-electron chi connectivity index (χ0n) is 12.3. The maximum absolute atomic E-state index is 3.41. The smallest absolute Gasteiger partial charge is 0.0166 e. The molecule has 0 atom stereocenters. The van der Waals surface area contributed by atoms with E-state index in [2.05, 4.69) is 42.0 Å². The average molecular weight is 251 g/mol. The van der Waals surface area contributed by atoms with Crippen molar-refractivity contribution in [3.63, 3.8) is 0 Å². The topological polar surface area (TPSA) is 18.5 Å². The second-order valence-corrected chi connectivity index (χ2v) is 6.62. The van der Waals surface area contributed by atoms with Crippen molar-refractivity contribution in [3.8, 4) is 0 Å². The van der Waals surface area contributed by atoms with Gasteiger partial charge in [-0.3, -0.25) is 9.80 Å². The van der Waals surface area contributed by atoms with Gasteiger partial charge in [0, 0.05) is 52.4 Å². The van der Waals surface area contributed by atoms with Crippen LogP contribution in [0, 0.1) is 5.41 Å². The van der Waals surface area contributed by atoms with Gasteiger partial charge in [-0.05, 0) is 11.8 Å². The first-order valence-electron chi connectivity index (χ1n) is 7.40. The molecule has 0 saturated carbocycles. The number of hydrogen-bond donors (Lipinski definition) is 1. The summed E-state index contributed by atoms with van der Waals surface area (Å²) in [7, 11) is 0. The molecule has 1 fully saturated rings. The van der Waals surface area contributed by atoms with Crippen molar-refractivity contribution in [2.45, 2.75) is 27.2 Å². The van der Waals surface area contributed by atoms with Crippen LogP contribution in [-0.4, -0.2) is 62.2 Å². The molecule has 104 valence electrons. The first-order valence-corrected chi connectivity index (χ1v) is 7.40. The molecular formula is C15H29N3. The summed E-state index contributed by atoms with van der Waals surface area (Å²) in [5, 5.41) is 3.41. The Morgan fingerprint density at radius 1 is 1.06 bits per heavy atom. The fourth-order valence-corrected chi connectivity index (χ4v) is 2.81. The Kier molecular flexibility index (Phi) is 4.82. The standard InChI is InChI=1S/C15H29N3/c1-15(2,3)14-4-8-17(9-5-14)12-13-18-10-6-16-7-11-18/h4,16H,5-13H2,1-3H3. The van der Waals surface area contributed by atoms with Gasteiger partial charge in [-0.25, -0.2) is 0 Å². The molecular weight excluding hydrogens is 222 g/mol. The number of rotatable bonds is 3. The van der Waals surface area contributed by atoms with E-state index < -0.39 is 0 Å². The Bertz CT molecular complexity index is 285. The molecule has 1 N–H and O–H groups in total. The van der Waals surface area contributed by atoms with E-state index in [9.17, 15) is 0 Å². The fraction of sp³-hybridized carbons (Fsp3) is 0.867. The highest BCUT2D eigenvalue weighted by Gasteiger charge is 2.21. The first kappa shape index (κ1) is 14.0. The summed E-state index contributed by atoms with van der Waals surface area (Å²) in [4.78, 5) is 5.18. The molecule has 0 aromatic heterocycles. The van der Waals surface area contributed by atoms with Crippen molar-refractivity contribution in [1.82, 2.24) is 15.1 Å². The molecule has 2 rings (SSSR count). The molecule has 3 nitrogen and oxygen atoms in total. The van der Waals surface area contributed by atoms with Crippen molar-refractivity contribution in [2.24, 2.45) is 5.41 Å². The van der Waals surface area contributed by atoms with Gasteiger partial charge in [0.2, 0.25) is 0 Å². The molecule has 0 spiro atoms. The quantitative estimate of drug-likeness (QED) is 0.768. The van der Waals surface area contributed by atoms with Crippen LogP contribution in [0.4, 0.5) is 0 Å². The van der Waals surface area contributed by atoms with E-state index in [1.54, 1.807) is 5.57 Å². The van der Waals surface area contributed by atoms with Crippen LogP contribution in [0.25, 0.3) is 0 Å². The Morgan fingerprint density at radius 3 is 2.28 bits per heavy atom. The summed E-state index contributed by atoms with van der Waals surface area (Å²) in [5.41, 5.74) is 2.01. The number of piperazine rings is 1. The Hall–Kier alpha value is -0.380. The van der Waals surface area contributed by atoms with E-state index in [1.165, 1.54) is 39.1 Å². The van der Waals surface area contributed by atoms with Crippen molar-refractivity contribution >= 4 is 0 Å². The summed E-state index contributed by atoms with van der Waals surface area (Å²) >= 11 is 0. The van der Waals surface area contributed by atoms with Gasteiger partial charge in [0.05, 0.1) is 0 Å².